The molecule has 6 rings (SSSR count). The molecule has 0 bridgehead atoms. The molecule has 0 aliphatic rings. The number of hydrogen-bond acceptors (Lipinski definition) is 8. The number of benzene rings is 4. The summed E-state index contributed by atoms with van der Waals surface area (Å²) in [6, 6.07) is 25.2. The molecule has 0 fully saturated rings. The predicted molar refractivity (Wildman–Crippen MR) is 186 cm³/mol. The van der Waals surface area contributed by atoms with Crippen molar-refractivity contribution in [2.45, 2.75) is 12.8 Å². The number of carbonyl (C=O) groups excluding carboxylic acids is 2. The highest BCUT2D eigenvalue weighted by Gasteiger charge is 2.16. The fourth-order valence-electron chi connectivity index (χ4n) is 5.01. The van der Waals surface area contributed by atoms with Crippen LogP contribution in [0.25, 0.3) is 33.5 Å². The van der Waals surface area contributed by atoms with Crippen LogP contribution < -0.4 is 16.0 Å². The summed E-state index contributed by atoms with van der Waals surface area (Å²) in [5.41, 5.74) is 5.59. The molecule has 0 radical (unpaired) electrons. The van der Waals surface area contributed by atoms with Gasteiger partial charge in [0.05, 0.1) is 21.9 Å². The van der Waals surface area contributed by atoms with Crippen molar-refractivity contribution in [2.75, 3.05) is 36.6 Å². The average Bonchev–Trinajstić information content (AvgIpc) is 3.68. The number of fused-ring (bicyclic) bond motifs is 1. The minimum absolute atomic E-state index is 0.153. The maximum absolute atomic E-state index is 13.5. The van der Waals surface area contributed by atoms with Gasteiger partial charge in [-0.15, -0.1) is 0 Å². The summed E-state index contributed by atoms with van der Waals surface area (Å²) in [6.07, 6.45) is 1.03. The largest absolute Gasteiger partial charge is 0.354 e. The van der Waals surface area contributed by atoms with Crippen molar-refractivity contribution in [3.05, 3.63) is 101 Å². The van der Waals surface area contributed by atoms with E-state index in [0.717, 1.165) is 28.8 Å². The van der Waals surface area contributed by atoms with Gasteiger partial charge in [-0.25, -0.2) is 0 Å². The SMILES string of the molecule is CN(C)CCCC(=O)Nc1cc(C(=O)Nc2ccc(-c3nsc(F)n3)cc2)cc(-c2n[nH]c3cc(Nc4ccccc4Cl)ccc23)c1. The molecule has 13 heteroatoms. The minimum atomic E-state index is -0.614. The smallest absolute Gasteiger partial charge is 0.288 e. The molecule has 0 saturated heterocycles. The number of halogens is 2. The van der Waals surface area contributed by atoms with Crippen LogP contribution in [0.2, 0.25) is 5.02 Å². The van der Waals surface area contributed by atoms with Gasteiger partial charge in [0.25, 0.3) is 11.2 Å². The summed E-state index contributed by atoms with van der Waals surface area (Å²) < 4.78 is 17.3. The van der Waals surface area contributed by atoms with Crippen LogP contribution in [0.5, 0.6) is 0 Å². The average molecular weight is 669 g/mol. The highest BCUT2D eigenvalue weighted by Crippen LogP contribution is 2.33. The highest BCUT2D eigenvalue weighted by atomic mass is 35.5. The summed E-state index contributed by atoms with van der Waals surface area (Å²) in [5.74, 6) is -0.256. The Morgan fingerprint density at radius 1 is 0.915 bits per heavy atom. The third-order valence-electron chi connectivity index (χ3n) is 7.28. The first-order valence-corrected chi connectivity index (χ1v) is 15.9. The lowest BCUT2D eigenvalue weighted by molar-refractivity contribution is -0.116. The third-order valence-corrected chi connectivity index (χ3v) is 8.12. The van der Waals surface area contributed by atoms with Crippen LogP contribution in [0.1, 0.15) is 23.2 Å². The molecule has 4 aromatic carbocycles. The van der Waals surface area contributed by atoms with Crippen LogP contribution in [-0.2, 0) is 4.79 Å². The molecule has 0 unspecified atom stereocenters. The standard InChI is InChI=1S/C34H30ClFN8O2S/c1-44(2)15-5-8-30(45)38-25-17-21(31-26-14-13-24(19-29(26)41-42-31)37-28-7-4-3-6-27(28)35)16-22(18-25)33(46)39-23-11-9-20(10-12-23)32-40-34(36)47-43-32/h3-4,6-7,9-14,16-19,37H,5,8,15H2,1-2H3,(H,38,45)(H,39,46)(H,41,42). The lowest BCUT2D eigenvalue weighted by Crippen LogP contribution is -2.18. The van der Waals surface area contributed by atoms with Crippen molar-refractivity contribution < 1.29 is 14.0 Å². The number of aromatic amines is 1. The molecule has 0 spiro atoms. The zero-order valence-electron chi connectivity index (χ0n) is 25.5. The van der Waals surface area contributed by atoms with E-state index in [9.17, 15) is 14.0 Å². The molecule has 0 aliphatic heterocycles. The Hall–Kier alpha value is -5.17. The van der Waals surface area contributed by atoms with E-state index in [1.807, 2.05) is 61.5 Å². The first-order chi connectivity index (χ1) is 22.7. The zero-order chi connectivity index (χ0) is 32.9. The number of hydrogen-bond donors (Lipinski definition) is 4. The summed E-state index contributed by atoms with van der Waals surface area (Å²) in [4.78, 5) is 32.2. The minimum Gasteiger partial charge on any atom is -0.354 e. The van der Waals surface area contributed by atoms with Crippen molar-refractivity contribution in [3.63, 3.8) is 0 Å². The fraction of sp³-hybridized carbons (Fsp3) is 0.147. The molecule has 0 atom stereocenters. The second-order valence-corrected chi connectivity index (χ2v) is 12.2. The van der Waals surface area contributed by atoms with Gasteiger partial charge in [0.2, 0.25) is 5.91 Å². The molecule has 4 N–H and O–H groups in total. The number of anilines is 4. The number of nitrogens with zero attached hydrogens (tertiary/aromatic N) is 4. The van der Waals surface area contributed by atoms with Crippen LogP contribution in [0.4, 0.5) is 27.1 Å². The van der Waals surface area contributed by atoms with E-state index in [2.05, 4.69) is 35.5 Å². The Labute approximate surface area is 279 Å². The number of carbonyl (C=O) groups is 2. The molecule has 2 heterocycles. The normalized spacial score (nSPS) is 11.2. The predicted octanol–water partition coefficient (Wildman–Crippen LogP) is 7.82. The van der Waals surface area contributed by atoms with Crippen molar-refractivity contribution >= 4 is 68.6 Å². The first kappa shape index (κ1) is 31.8. The number of amides is 2. The van der Waals surface area contributed by atoms with Gasteiger partial charge < -0.3 is 20.9 Å². The van der Waals surface area contributed by atoms with Gasteiger partial charge in [-0.1, -0.05) is 23.7 Å². The maximum atomic E-state index is 13.5. The van der Waals surface area contributed by atoms with Gasteiger partial charge in [0.1, 0.15) is 0 Å². The van der Waals surface area contributed by atoms with Crippen LogP contribution in [-0.4, -0.2) is 56.9 Å². The molecule has 0 aliphatic carbocycles. The lowest BCUT2D eigenvalue weighted by Gasteiger charge is -2.12. The van der Waals surface area contributed by atoms with Crippen LogP contribution >= 0.6 is 23.1 Å². The Balaban J connectivity index is 1.28. The fourth-order valence-corrected chi connectivity index (χ4v) is 5.63. The maximum Gasteiger partial charge on any atom is 0.288 e. The van der Waals surface area contributed by atoms with E-state index in [1.54, 1.807) is 42.5 Å². The summed E-state index contributed by atoms with van der Waals surface area (Å²) in [5, 5.41) is 17.7. The molecule has 238 valence electrons. The lowest BCUT2D eigenvalue weighted by atomic mass is 10.0. The molecule has 47 heavy (non-hydrogen) atoms. The van der Waals surface area contributed by atoms with E-state index in [1.165, 1.54) is 0 Å². The Bertz CT molecular complexity index is 2060. The summed E-state index contributed by atoms with van der Waals surface area (Å²) in [6.45, 7) is 0.778. The molecule has 10 nitrogen and oxygen atoms in total. The third kappa shape index (κ3) is 7.80. The molecular weight excluding hydrogens is 639 g/mol. The Kier molecular flexibility index (Phi) is 9.52. The highest BCUT2D eigenvalue weighted by molar-refractivity contribution is 7.03. The number of para-hydroxylation sites is 1. The van der Waals surface area contributed by atoms with Gasteiger partial charge in [-0.05, 0) is 99.9 Å². The number of nitrogens with one attached hydrogen (secondary N) is 4. The molecular formula is C34H30ClFN8O2S. The summed E-state index contributed by atoms with van der Waals surface area (Å²) >= 11 is 7.01. The van der Waals surface area contributed by atoms with Crippen molar-refractivity contribution in [1.82, 2.24) is 24.5 Å². The summed E-state index contributed by atoms with van der Waals surface area (Å²) in [7, 11) is 3.92. The molecule has 2 aromatic heterocycles. The van der Waals surface area contributed by atoms with Crippen molar-refractivity contribution in [2.24, 2.45) is 0 Å². The quantitative estimate of drug-likeness (QED) is 0.111. The van der Waals surface area contributed by atoms with Crippen molar-refractivity contribution in [3.8, 4) is 22.6 Å². The van der Waals surface area contributed by atoms with Gasteiger partial charge in [0, 0.05) is 57.1 Å². The molecule has 2 amide bonds. The molecule has 6 aromatic rings. The second-order valence-electron chi connectivity index (χ2n) is 11.1. The Morgan fingerprint density at radius 2 is 1.70 bits per heavy atom. The number of rotatable bonds is 11. The number of H-pyrrole nitrogens is 1. The zero-order valence-corrected chi connectivity index (χ0v) is 27.0. The van der Waals surface area contributed by atoms with Crippen LogP contribution in [0.3, 0.4) is 0 Å². The van der Waals surface area contributed by atoms with Gasteiger partial charge in [-0.2, -0.15) is 18.8 Å². The van der Waals surface area contributed by atoms with E-state index >= 15 is 0 Å². The van der Waals surface area contributed by atoms with Gasteiger partial charge >= 0.3 is 0 Å². The van der Waals surface area contributed by atoms with Crippen LogP contribution in [0.15, 0.2) is 84.9 Å². The van der Waals surface area contributed by atoms with Crippen LogP contribution in [0, 0.1) is 5.26 Å². The van der Waals surface area contributed by atoms with Gasteiger partial charge in [0.15, 0.2) is 5.82 Å². The van der Waals surface area contributed by atoms with E-state index < -0.39 is 5.26 Å². The topological polar surface area (TPSA) is 128 Å². The Morgan fingerprint density at radius 3 is 2.45 bits per heavy atom. The first-order valence-electron chi connectivity index (χ1n) is 14.7. The van der Waals surface area contributed by atoms with E-state index in [0.29, 0.717) is 63.2 Å². The second kappa shape index (κ2) is 14.1. The van der Waals surface area contributed by atoms with Gasteiger partial charge in [-0.3, -0.25) is 14.7 Å². The molecule has 0 saturated carbocycles. The number of aromatic nitrogens is 4. The van der Waals surface area contributed by atoms with E-state index in [-0.39, 0.29) is 17.6 Å². The van der Waals surface area contributed by atoms with Crippen molar-refractivity contribution in [1.29, 1.82) is 0 Å². The van der Waals surface area contributed by atoms with E-state index in [4.69, 9.17) is 11.6 Å². The monoisotopic (exact) mass is 668 g/mol.